The topological polar surface area (TPSA) is 61.8 Å². The SMILES string of the molecule is N#Cc1ccc(N)c(NCC2CCCCS2)c1. The van der Waals surface area contributed by atoms with Crippen LogP contribution in [0.3, 0.4) is 0 Å². The number of hydrogen-bond donors (Lipinski definition) is 2. The molecule has 1 aliphatic heterocycles. The van der Waals surface area contributed by atoms with Crippen LogP contribution < -0.4 is 11.1 Å². The van der Waals surface area contributed by atoms with Gasteiger partial charge in [-0.2, -0.15) is 17.0 Å². The molecule has 1 heterocycles. The molecule has 1 unspecified atom stereocenters. The van der Waals surface area contributed by atoms with Gasteiger partial charge in [0.2, 0.25) is 0 Å². The third-order valence-corrected chi connectivity index (χ3v) is 4.37. The van der Waals surface area contributed by atoms with E-state index >= 15 is 0 Å². The van der Waals surface area contributed by atoms with Crippen molar-refractivity contribution in [2.24, 2.45) is 0 Å². The number of nitrogens with two attached hydrogens (primary N) is 1. The van der Waals surface area contributed by atoms with E-state index in [1.165, 1.54) is 25.0 Å². The van der Waals surface area contributed by atoms with Crippen molar-refractivity contribution in [3.8, 4) is 6.07 Å². The molecule has 0 aliphatic carbocycles. The molecule has 1 aromatic rings. The quantitative estimate of drug-likeness (QED) is 0.806. The van der Waals surface area contributed by atoms with Gasteiger partial charge < -0.3 is 11.1 Å². The number of anilines is 2. The molecule has 17 heavy (non-hydrogen) atoms. The molecule has 0 radical (unpaired) electrons. The minimum absolute atomic E-state index is 0.651. The van der Waals surface area contributed by atoms with Crippen molar-refractivity contribution in [3.05, 3.63) is 23.8 Å². The Labute approximate surface area is 106 Å². The summed E-state index contributed by atoms with van der Waals surface area (Å²) in [5.41, 5.74) is 8.13. The van der Waals surface area contributed by atoms with Crippen LogP contribution in [0.15, 0.2) is 18.2 Å². The molecule has 0 aromatic heterocycles. The predicted octanol–water partition coefficient (Wildman–Crippen LogP) is 2.84. The van der Waals surface area contributed by atoms with Crippen molar-refractivity contribution >= 4 is 23.1 Å². The number of benzene rings is 1. The highest BCUT2D eigenvalue weighted by molar-refractivity contribution is 7.99. The van der Waals surface area contributed by atoms with E-state index in [1.54, 1.807) is 12.1 Å². The Balaban J connectivity index is 1.95. The van der Waals surface area contributed by atoms with Crippen molar-refractivity contribution in [1.29, 1.82) is 5.26 Å². The lowest BCUT2D eigenvalue weighted by molar-refractivity contribution is 0.677. The second-order valence-corrected chi connectivity index (χ2v) is 5.69. The Morgan fingerprint density at radius 1 is 1.47 bits per heavy atom. The first-order valence-corrected chi connectivity index (χ1v) is 6.99. The van der Waals surface area contributed by atoms with E-state index in [1.807, 2.05) is 17.8 Å². The Bertz CT molecular complexity index is 419. The summed E-state index contributed by atoms with van der Waals surface area (Å²) in [7, 11) is 0. The summed E-state index contributed by atoms with van der Waals surface area (Å²) in [6.45, 7) is 0.934. The molecule has 0 spiro atoms. The second kappa shape index (κ2) is 5.83. The zero-order valence-electron chi connectivity index (χ0n) is 9.78. The fourth-order valence-corrected chi connectivity index (χ4v) is 3.21. The highest BCUT2D eigenvalue weighted by Crippen LogP contribution is 2.26. The molecule has 0 bridgehead atoms. The van der Waals surface area contributed by atoms with Crippen LogP contribution in [0.4, 0.5) is 11.4 Å². The first kappa shape index (κ1) is 12.1. The van der Waals surface area contributed by atoms with Crippen LogP contribution in [0.1, 0.15) is 24.8 Å². The number of nitrogens with zero attached hydrogens (tertiary/aromatic N) is 1. The van der Waals surface area contributed by atoms with Gasteiger partial charge in [-0.25, -0.2) is 0 Å². The Morgan fingerprint density at radius 2 is 2.35 bits per heavy atom. The molecule has 0 saturated carbocycles. The molecule has 1 atom stereocenters. The zero-order chi connectivity index (χ0) is 12.1. The van der Waals surface area contributed by atoms with E-state index in [9.17, 15) is 0 Å². The third-order valence-electron chi connectivity index (χ3n) is 2.98. The lowest BCUT2D eigenvalue weighted by atomic mass is 10.1. The van der Waals surface area contributed by atoms with Crippen molar-refractivity contribution in [3.63, 3.8) is 0 Å². The summed E-state index contributed by atoms with van der Waals surface area (Å²) < 4.78 is 0. The van der Waals surface area contributed by atoms with E-state index in [-0.39, 0.29) is 0 Å². The van der Waals surface area contributed by atoms with Crippen LogP contribution in [0.5, 0.6) is 0 Å². The van der Waals surface area contributed by atoms with Gasteiger partial charge in [0, 0.05) is 11.8 Å². The number of hydrogen-bond acceptors (Lipinski definition) is 4. The molecule has 2 rings (SSSR count). The Morgan fingerprint density at radius 3 is 3.06 bits per heavy atom. The third kappa shape index (κ3) is 3.31. The fraction of sp³-hybridized carbons (Fsp3) is 0.462. The maximum atomic E-state index is 8.85. The van der Waals surface area contributed by atoms with Crippen LogP contribution in [-0.2, 0) is 0 Å². The lowest BCUT2D eigenvalue weighted by Gasteiger charge is -2.22. The fourth-order valence-electron chi connectivity index (χ4n) is 1.97. The molecule has 1 aliphatic rings. The predicted molar refractivity (Wildman–Crippen MR) is 74.2 cm³/mol. The molecule has 3 N–H and O–H groups in total. The first-order valence-electron chi connectivity index (χ1n) is 5.94. The number of nitrogen functional groups attached to an aromatic ring is 1. The number of nitriles is 1. The van der Waals surface area contributed by atoms with E-state index in [4.69, 9.17) is 11.0 Å². The van der Waals surface area contributed by atoms with E-state index in [0.717, 1.165) is 12.2 Å². The van der Waals surface area contributed by atoms with Crippen LogP contribution in [-0.4, -0.2) is 17.5 Å². The maximum absolute atomic E-state index is 8.85. The van der Waals surface area contributed by atoms with Gasteiger partial charge in [0.15, 0.2) is 0 Å². The molecule has 1 aromatic carbocycles. The number of nitrogens with one attached hydrogen (secondary N) is 1. The highest BCUT2D eigenvalue weighted by atomic mass is 32.2. The lowest BCUT2D eigenvalue weighted by Crippen LogP contribution is -2.20. The van der Waals surface area contributed by atoms with Crippen LogP contribution >= 0.6 is 11.8 Å². The number of thioether (sulfide) groups is 1. The van der Waals surface area contributed by atoms with E-state index in [2.05, 4.69) is 11.4 Å². The minimum atomic E-state index is 0.651. The van der Waals surface area contributed by atoms with Gasteiger partial charge in [0.25, 0.3) is 0 Å². The molecule has 1 fully saturated rings. The Hall–Kier alpha value is -1.34. The molecule has 90 valence electrons. The second-order valence-electron chi connectivity index (χ2n) is 4.28. The van der Waals surface area contributed by atoms with Gasteiger partial charge in [-0.3, -0.25) is 0 Å². The zero-order valence-corrected chi connectivity index (χ0v) is 10.6. The summed E-state index contributed by atoms with van der Waals surface area (Å²) >= 11 is 2.03. The van der Waals surface area contributed by atoms with Crippen LogP contribution in [0.2, 0.25) is 0 Å². The normalized spacial score (nSPS) is 19.6. The molecule has 3 nitrogen and oxygen atoms in total. The van der Waals surface area contributed by atoms with Gasteiger partial charge in [0.1, 0.15) is 0 Å². The summed E-state index contributed by atoms with van der Waals surface area (Å²) in [6, 6.07) is 7.49. The largest absolute Gasteiger partial charge is 0.397 e. The van der Waals surface area contributed by atoms with Gasteiger partial charge in [-0.15, -0.1) is 0 Å². The van der Waals surface area contributed by atoms with Gasteiger partial charge in [-0.05, 0) is 36.8 Å². The molecule has 4 heteroatoms. The van der Waals surface area contributed by atoms with Crippen LogP contribution in [0, 0.1) is 11.3 Å². The van der Waals surface area contributed by atoms with Crippen molar-refractivity contribution in [1.82, 2.24) is 0 Å². The summed E-state index contributed by atoms with van der Waals surface area (Å²) in [4.78, 5) is 0. The minimum Gasteiger partial charge on any atom is -0.397 e. The Kier molecular flexibility index (Phi) is 4.16. The maximum Gasteiger partial charge on any atom is 0.0992 e. The first-order chi connectivity index (χ1) is 8.29. The summed E-state index contributed by atoms with van der Waals surface area (Å²) in [6.07, 6.45) is 3.94. The summed E-state index contributed by atoms with van der Waals surface area (Å²) in [5, 5.41) is 12.9. The molecule has 1 saturated heterocycles. The average Bonchev–Trinajstić information content (AvgIpc) is 2.39. The van der Waals surface area contributed by atoms with Gasteiger partial charge in [0.05, 0.1) is 23.0 Å². The monoisotopic (exact) mass is 247 g/mol. The molecule has 0 amide bonds. The molecular formula is C13H17N3S. The average molecular weight is 247 g/mol. The molecular weight excluding hydrogens is 230 g/mol. The highest BCUT2D eigenvalue weighted by Gasteiger charge is 2.13. The van der Waals surface area contributed by atoms with Gasteiger partial charge >= 0.3 is 0 Å². The van der Waals surface area contributed by atoms with Gasteiger partial charge in [-0.1, -0.05) is 6.42 Å². The number of rotatable bonds is 3. The smallest absolute Gasteiger partial charge is 0.0992 e. The van der Waals surface area contributed by atoms with Crippen molar-refractivity contribution in [2.75, 3.05) is 23.3 Å². The van der Waals surface area contributed by atoms with Crippen molar-refractivity contribution < 1.29 is 0 Å². The summed E-state index contributed by atoms with van der Waals surface area (Å²) in [5.74, 6) is 1.26. The van der Waals surface area contributed by atoms with Crippen molar-refractivity contribution in [2.45, 2.75) is 24.5 Å². The van der Waals surface area contributed by atoms with E-state index in [0.29, 0.717) is 16.5 Å². The van der Waals surface area contributed by atoms with E-state index < -0.39 is 0 Å². The van der Waals surface area contributed by atoms with Crippen LogP contribution in [0.25, 0.3) is 0 Å². The standard InChI is InChI=1S/C13H17N3S/c14-8-10-4-5-12(15)13(7-10)16-9-11-3-1-2-6-17-11/h4-5,7,11,16H,1-3,6,9,15H2.